The van der Waals surface area contributed by atoms with Gasteiger partial charge >= 0.3 is 0 Å². The third kappa shape index (κ3) is 2.18. The van der Waals surface area contributed by atoms with Crippen LogP contribution in [0.15, 0.2) is 6.20 Å². The maximum Gasteiger partial charge on any atom is 0.267 e. The van der Waals surface area contributed by atoms with E-state index >= 15 is 0 Å². The van der Waals surface area contributed by atoms with E-state index in [1.54, 1.807) is 6.07 Å². The van der Waals surface area contributed by atoms with Crippen molar-refractivity contribution in [2.45, 2.75) is 12.8 Å². The minimum Gasteiger partial charge on any atom is -0.481 e. The number of halogens is 3. The summed E-state index contributed by atoms with van der Waals surface area (Å²) in [6.45, 7) is 0. The van der Waals surface area contributed by atoms with E-state index in [-0.39, 0.29) is 17.9 Å². The third-order valence-corrected chi connectivity index (χ3v) is 1.80. The molecule has 0 aromatic carbocycles. The van der Waals surface area contributed by atoms with E-state index in [0.29, 0.717) is 6.20 Å². The molecule has 0 radical (unpaired) electrons. The molecule has 1 aromatic heterocycles. The number of aromatic nitrogens is 1. The normalized spacial score (nSPS) is 10.1. The number of hydrogen-bond donors (Lipinski definition) is 0. The van der Waals surface area contributed by atoms with Crippen molar-refractivity contribution < 1.29 is 17.9 Å². The number of ether oxygens (including phenoxy) is 1. The second-order valence-corrected chi connectivity index (χ2v) is 2.64. The van der Waals surface area contributed by atoms with Crippen LogP contribution in [0.3, 0.4) is 0 Å². The summed E-state index contributed by atoms with van der Waals surface area (Å²) in [6.07, 6.45) is -2.71. The van der Waals surface area contributed by atoms with Crippen LogP contribution in [0.4, 0.5) is 13.2 Å². The van der Waals surface area contributed by atoms with Crippen LogP contribution in [0.2, 0.25) is 0 Å². The minimum atomic E-state index is -3.00. The van der Waals surface area contributed by atoms with Gasteiger partial charge < -0.3 is 4.74 Å². The van der Waals surface area contributed by atoms with Crippen LogP contribution >= 0.6 is 0 Å². The molecule has 0 saturated carbocycles. The first-order valence-electron chi connectivity index (χ1n) is 3.98. The summed E-state index contributed by atoms with van der Waals surface area (Å²) >= 11 is 0. The first-order valence-corrected chi connectivity index (χ1v) is 3.98. The van der Waals surface area contributed by atoms with E-state index in [0.717, 1.165) is 0 Å². The van der Waals surface area contributed by atoms with Gasteiger partial charge in [-0.2, -0.15) is 5.26 Å². The Kier molecular flexibility index (Phi) is 3.50. The Balaban J connectivity index is 3.38. The number of methoxy groups -OCH3 is 1. The van der Waals surface area contributed by atoms with Crippen LogP contribution < -0.4 is 4.74 Å². The molecule has 0 aliphatic carbocycles. The number of alkyl halides is 2. The molecule has 80 valence electrons. The van der Waals surface area contributed by atoms with E-state index in [2.05, 4.69) is 9.72 Å². The molecule has 0 atom stereocenters. The summed E-state index contributed by atoms with van der Waals surface area (Å²) < 4.78 is 42.7. The van der Waals surface area contributed by atoms with E-state index in [9.17, 15) is 13.2 Å². The molecular weight excluding hydrogens is 209 g/mol. The molecule has 0 unspecified atom stereocenters. The van der Waals surface area contributed by atoms with Crippen molar-refractivity contribution in [3.63, 3.8) is 0 Å². The summed E-state index contributed by atoms with van der Waals surface area (Å²) in [5, 5.41) is 8.44. The van der Waals surface area contributed by atoms with Crippen molar-refractivity contribution in [1.82, 2.24) is 4.98 Å². The standard InChI is InChI=1S/C9H7F3N2O/c1-15-9-5(2-3-13)7(8(11)12)6(10)4-14-9/h4,8H,2H2,1H3. The monoisotopic (exact) mass is 216 g/mol. The lowest BCUT2D eigenvalue weighted by molar-refractivity contribution is 0.144. The molecule has 0 saturated heterocycles. The van der Waals surface area contributed by atoms with Gasteiger partial charge in [0.1, 0.15) is 0 Å². The predicted molar refractivity (Wildman–Crippen MR) is 45.0 cm³/mol. The maximum absolute atomic E-state index is 13.0. The van der Waals surface area contributed by atoms with Gasteiger partial charge in [-0.05, 0) is 0 Å². The summed E-state index contributed by atoms with van der Waals surface area (Å²) in [5.74, 6) is -1.27. The molecular formula is C9H7F3N2O. The Labute approximate surface area is 84.1 Å². The Morgan fingerprint density at radius 3 is 2.73 bits per heavy atom. The molecule has 1 aromatic rings. The van der Waals surface area contributed by atoms with Crippen LogP contribution in [0.25, 0.3) is 0 Å². The average Bonchev–Trinajstić information content (AvgIpc) is 2.18. The van der Waals surface area contributed by atoms with E-state index in [1.807, 2.05) is 0 Å². The van der Waals surface area contributed by atoms with Crippen LogP contribution in [0.5, 0.6) is 5.88 Å². The van der Waals surface area contributed by atoms with Crippen molar-refractivity contribution in [2.75, 3.05) is 7.11 Å². The molecule has 1 heterocycles. The van der Waals surface area contributed by atoms with Gasteiger partial charge in [-0.15, -0.1) is 0 Å². The Bertz CT molecular complexity index is 401. The van der Waals surface area contributed by atoms with Gasteiger partial charge in [-0.1, -0.05) is 0 Å². The number of hydrogen-bond acceptors (Lipinski definition) is 3. The summed E-state index contributed by atoms with van der Waals surface area (Å²) in [7, 11) is 1.22. The smallest absolute Gasteiger partial charge is 0.267 e. The number of pyridine rings is 1. The summed E-state index contributed by atoms with van der Waals surface area (Å²) in [4.78, 5) is 3.48. The van der Waals surface area contributed by atoms with Crippen LogP contribution in [0, 0.1) is 17.1 Å². The molecule has 1 rings (SSSR count). The summed E-state index contributed by atoms with van der Waals surface area (Å²) in [6, 6.07) is 1.66. The second-order valence-electron chi connectivity index (χ2n) is 2.64. The van der Waals surface area contributed by atoms with Gasteiger partial charge in [0.15, 0.2) is 5.82 Å². The van der Waals surface area contributed by atoms with Gasteiger partial charge in [0, 0.05) is 5.56 Å². The fraction of sp³-hybridized carbons (Fsp3) is 0.333. The zero-order valence-corrected chi connectivity index (χ0v) is 7.80. The zero-order valence-electron chi connectivity index (χ0n) is 7.80. The number of nitriles is 1. The first-order chi connectivity index (χ1) is 7.11. The fourth-order valence-corrected chi connectivity index (χ4v) is 1.18. The largest absolute Gasteiger partial charge is 0.481 e. The van der Waals surface area contributed by atoms with E-state index < -0.39 is 17.8 Å². The lowest BCUT2D eigenvalue weighted by Gasteiger charge is -2.10. The van der Waals surface area contributed by atoms with Crippen molar-refractivity contribution in [3.8, 4) is 11.9 Å². The lowest BCUT2D eigenvalue weighted by atomic mass is 10.1. The molecule has 0 N–H and O–H groups in total. The SMILES string of the molecule is COc1ncc(F)c(C(F)F)c1CC#N. The molecule has 0 bridgehead atoms. The average molecular weight is 216 g/mol. The number of nitrogens with zero attached hydrogens (tertiary/aromatic N) is 2. The fourth-order valence-electron chi connectivity index (χ4n) is 1.18. The van der Waals surface area contributed by atoms with Crippen LogP contribution in [0.1, 0.15) is 17.6 Å². The van der Waals surface area contributed by atoms with Gasteiger partial charge in [-0.3, -0.25) is 0 Å². The minimum absolute atomic E-state index is 0.145. The Hall–Kier alpha value is -1.77. The van der Waals surface area contributed by atoms with Crippen molar-refractivity contribution in [2.24, 2.45) is 0 Å². The highest BCUT2D eigenvalue weighted by Crippen LogP contribution is 2.30. The molecule has 0 aliphatic heterocycles. The van der Waals surface area contributed by atoms with Gasteiger partial charge in [-0.25, -0.2) is 18.2 Å². The maximum atomic E-state index is 13.0. The second kappa shape index (κ2) is 4.64. The summed E-state index contributed by atoms with van der Waals surface area (Å²) in [5.41, 5.74) is -1.02. The number of rotatable bonds is 3. The Morgan fingerprint density at radius 2 is 2.27 bits per heavy atom. The van der Waals surface area contributed by atoms with Gasteiger partial charge in [0.25, 0.3) is 6.43 Å². The predicted octanol–water partition coefficient (Wildman–Crippen LogP) is 2.23. The molecule has 0 fully saturated rings. The lowest BCUT2D eigenvalue weighted by Crippen LogP contribution is -2.04. The molecule has 0 spiro atoms. The topological polar surface area (TPSA) is 45.9 Å². The first kappa shape index (κ1) is 11.3. The quantitative estimate of drug-likeness (QED) is 0.778. The van der Waals surface area contributed by atoms with Crippen molar-refractivity contribution in [3.05, 3.63) is 23.1 Å². The third-order valence-electron chi connectivity index (χ3n) is 1.80. The molecule has 15 heavy (non-hydrogen) atoms. The zero-order chi connectivity index (χ0) is 11.4. The molecule has 6 heteroatoms. The highest BCUT2D eigenvalue weighted by molar-refractivity contribution is 5.38. The van der Waals surface area contributed by atoms with Gasteiger partial charge in [0.2, 0.25) is 5.88 Å². The molecule has 0 aliphatic rings. The van der Waals surface area contributed by atoms with Gasteiger partial charge in [0.05, 0.1) is 31.4 Å². The molecule has 0 amide bonds. The van der Waals surface area contributed by atoms with Crippen molar-refractivity contribution >= 4 is 0 Å². The molecule has 3 nitrogen and oxygen atoms in total. The van der Waals surface area contributed by atoms with Crippen LogP contribution in [-0.4, -0.2) is 12.1 Å². The Morgan fingerprint density at radius 1 is 1.60 bits per heavy atom. The van der Waals surface area contributed by atoms with Crippen molar-refractivity contribution in [1.29, 1.82) is 5.26 Å². The van der Waals surface area contributed by atoms with E-state index in [1.165, 1.54) is 7.11 Å². The highest BCUT2D eigenvalue weighted by Gasteiger charge is 2.22. The highest BCUT2D eigenvalue weighted by atomic mass is 19.3. The van der Waals surface area contributed by atoms with Crippen LogP contribution in [-0.2, 0) is 6.42 Å². The van der Waals surface area contributed by atoms with E-state index in [4.69, 9.17) is 5.26 Å².